The molecule has 0 aliphatic heterocycles. The average molecular weight is 277 g/mol. The summed E-state index contributed by atoms with van der Waals surface area (Å²) in [5.41, 5.74) is 2.68. The Hall–Kier alpha value is -0.860. The van der Waals surface area contributed by atoms with E-state index in [9.17, 15) is 0 Å². The fourth-order valence-electron chi connectivity index (χ4n) is 2.31. The van der Waals surface area contributed by atoms with Crippen LogP contribution in [0.15, 0.2) is 24.3 Å². The Morgan fingerprint density at radius 1 is 1.15 bits per heavy atom. The first kappa shape index (κ1) is 17.2. The van der Waals surface area contributed by atoms with Crippen molar-refractivity contribution in [3.63, 3.8) is 0 Å². The molecule has 114 valence electrons. The second-order valence-corrected chi connectivity index (χ2v) is 6.14. The van der Waals surface area contributed by atoms with Crippen molar-refractivity contribution in [2.45, 2.75) is 65.5 Å². The monoisotopic (exact) mass is 277 g/mol. The fourth-order valence-corrected chi connectivity index (χ4v) is 2.31. The molecule has 0 aromatic heterocycles. The molecule has 0 saturated carbocycles. The van der Waals surface area contributed by atoms with Gasteiger partial charge in [-0.3, -0.25) is 0 Å². The van der Waals surface area contributed by atoms with Crippen LogP contribution >= 0.6 is 0 Å². The quantitative estimate of drug-likeness (QED) is 0.718. The summed E-state index contributed by atoms with van der Waals surface area (Å²) in [6.45, 7) is 12.4. The van der Waals surface area contributed by atoms with E-state index in [-0.39, 0.29) is 5.60 Å². The molecule has 0 fully saturated rings. The summed E-state index contributed by atoms with van der Waals surface area (Å²) in [5.74, 6) is 0. The molecule has 20 heavy (non-hydrogen) atoms. The van der Waals surface area contributed by atoms with E-state index in [2.05, 4.69) is 57.3 Å². The minimum atomic E-state index is -0.107. The molecule has 1 rings (SSSR count). The Labute approximate surface area is 124 Å². The lowest BCUT2D eigenvalue weighted by Crippen LogP contribution is -2.38. The van der Waals surface area contributed by atoms with Gasteiger partial charge in [-0.05, 0) is 51.7 Å². The number of unbranched alkanes of at least 4 members (excludes halogenated alkanes) is 1. The lowest BCUT2D eigenvalue weighted by Gasteiger charge is -2.27. The van der Waals surface area contributed by atoms with Crippen LogP contribution in [0.5, 0.6) is 0 Å². The van der Waals surface area contributed by atoms with E-state index >= 15 is 0 Å². The summed E-state index contributed by atoms with van der Waals surface area (Å²) in [7, 11) is 0. The van der Waals surface area contributed by atoms with E-state index in [0.29, 0.717) is 6.04 Å². The number of rotatable bonds is 9. The second kappa shape index (κ2) is 8.43. The highest BCUT2D eigenvalue weighted by Crippen LogP contribution is 2.16. The van der Waals surface area contributed by atoms with Gasteiger partial charge in [0.15, 0.2) is 0 Å². The first-order valence-electron chi connectivity index (χ1n) is 7.94. The molecular weight excluding hydrogens is 246 g/mol. The summed E-state index contributed by atoms with van der Waals surface area (Å²) in [4.78, 5) is 0. The molecular formula is C18H31NO. The van der Waals surface area contributed by atoms with Crippen molar-refractivity contribution in [2.24, 2.45) is 0 Å². The van der Waals surface area contributed by atoms with Crippen molar-refractivity contribution in [3.05, 3.63) is 35.4 Å². The van der Waals surface area contributed by atoms with Crippen molar-refractivity contribution in [1.82, 2.24) is 5.32 Å². The number of aryl methyl sites for hydroxylation is 1. The normalized spacial score (nSPS) is 13.4. The van der Waals surface area contributed by atoms with E-state index in [4.69, 9.17) is 4.74 Å². The van der Waals surface area contributed by atoms with Gasteiger partial charge in [0.25, 0.3) is 0 Å². The Bertz CT molecular complexity index is 370. The smallest absolute Gasteiger partial charge is 0.0750 e. The third kappa shape index (κ3) is 6.06. The molecule has 2 heteroatoms. The van der Waals surface area contributed by atoms with Gasteiger partial charge in [-0.2, -0.15) is 0 Å². The Balaban J connectivity index is 2.49. The van der Waals surface area contributed by atoms with Gasteiger partial charge in [-0.15, -0.1) is 0 Å². The molecule has 0 spiro atoms. The number of nitrogens with one attached hydrogen (secondary N) is 1. The van der Waals surface area contributed by atoms with Crippen LogP contribution in [0.2, 0.25) is 0 Å². The Morgan fingerprint density at radius 2 is 1.80 bits per heavy atom. The summed E-state index contributed by atoms with van der Waals surface area (Å²) >= 11 is 0. The highest BCUT2D eigenvalue weighted by Gasteiger charge is 2.18. The lowest BCUT2D eigenvalue weighted by atomic mass is 10.0. The zero-order chi connectivity index (χ0) is 15.0. The van der Waals surface area contributed by atoms with E-state index < -0.39 is 0 Å². The van der Waals surface area contributed by atoms with Gasteiger partial charge in [-0.25, -0.2) is 0 Å². The van der Waals surface area contributed by atoms with Crippen LogP contribution in [0.25, 0.3) is 0 Å². The highest BCUT2D eigenvalue weighted by molar-refractivity contribution is 5.24. The maximum absolute atomic E-state index is 5.72. The number of hydrogen-bond acceptors (Lipinski definition) is 2. The molecule has 0 radical (unpaired) electrons. The molecule has 0 amide bonds. The van der Waals surface area contributed by atoms with Gasteiger partial charge in [0.1, 0.15) is 0 Å². The average Bonchev–Trinajstić information content (AvgIpc) is 2.43. The molecule has 2 nitrogen and oxygen atoms in total. The van der Waals surface area contributed by atoms with Crippen LogP contribution < -0.4 is 5.32 Å². The topological polar surface area (TPSA) is 21.3 Å². The first-order chi connectivity index (χ1) is 9.48. The molecule has 1 N–H and O–H groups in total. The van der Waals surface area contributed by atoms with Crippen molar-refractivity contribution < 1.29 is 4.74 Å². The predicted molar refractivity (Wildman–Crippen MR) is 87.2 cm³/mol. The SMILES string of the molecule is CCCCc1ccc(C(C)NCC(C)(C)OCC)cc1. The molecule has 1 atom stereocenters. The largest absolute Gasteiger partial charge is 0.375 e. The molecule has 0 bridgehead atoms. The van der Waals surface area contributed by atoms with Crippen LogP contribution in [0.4, 0.5) is 0 Å². The van der Waals surface area contributed by atoms with E-state index in [1.54, 1.807) is 0 Å². The Kier molecular flexibility index (Phi) is 7.25. The minimum Gasteiger partial charge on any atom is -0.375 e. The van der Waals surface area contributed by atoms with Gasteiger partial charge in [-0.1, -0.05) is 37.6 Å². The number of benzene rings is 1. The van der Waals surface area contributed by atoms with Gasteiger partial charge in [0.2, 0.25) is 0 Å². The Morgan fingerprint density at radius 3 is 2.35 bits per heavy atom. The van der Waals surface area contributed by atoms with Crippen molar-refractivity contribution in [1.29, 1.82) is 0 Å². The first-order valence-corrected chi connectivity index (χ1v) is 7.94. The lowest BCUT2D eigenvalue weighted by molar-refractivity contribution is -0.0103. The zero-order valence-corrected chi connectivity index (χ0v) is 13.8. The summed E-state index contributed by atoms with van der Waals surface area (Å²) < 4.78 is 5.72. The molecule has 0 saturated heterocycles. The number of hydrogen-bond donors (Lipinski definition) is 1. The maximum atomic E-state index is 5.72. The third-order valence-electron chi connectivity index (χ3n) is 3.67. The zero-order valence-electron chi connectivity index (χ0n) is 13.8. The van der Waals surface area contributed by atoms with Crippen molar-refractivity contribution in [2.75, 3.05) is 13.2 Å². The predicted octanol–water partition coefficient (Wildman–Crippen LogP) is 4.49. The van der Waals surface area contributed by atoms with E-state index in [1.165, 1.54) is 30.4 Å². The van der Waals surface area contributed by atoms with Gasteiger partial charge >= 0.3 is 0 Å². The summed E-state index contributed by atoms with van der Waals surface area (Å²) in [6, 6.07) is 9.37. The molecule has 1 aromatic rings. The standard InChI is InChI=1S/C18H31NO/c1-6-8-9-16-10-12-17(13-11-16)15(3)19-14-18(4,5)20-7-2/h10-13,15,19H,6-9,14H2,1-5H3. The van der Waals surface area contributed by atoms with Gasteiger partial charge in [0, 0.05) is 19.2 Å². The molecule has 0 aliphatic carbocycles. The maximum Gasteiger partial charge on any atom is 0.0750 e. The molecule has 0 aliphatic rings. The summed E-state index contributed by atoms with van der Waals surface area (Å²) in [6.07, 6.45) is 3.72. The van der Waals surface area contributed by atoms with Gasteiger partial charge in [0.05, 0.1) is 5.60 Å². The fraction of sp³-hybridized carbons (Fsp3) is 0.667. The molecule has 1 unspecified atom stereocenters. The molecule has 1 aromatic carbocycles. The minimum absolute atomic E-state index is 0.107. The van der Waals surface area contributed by atoms with Crippen LogP contribution in [-0.4, -0.2) is 18.8 Å². The van der Waals surface area contributed by atoms with Crippen LogP contribution in [0.3, 0.4) is 0 Å². The van der Waals surface area contributed by atoms with Crippen LogP contribution in [0.1, 0.15) is 64.6 Å². The third-order valence-corrected chi connectivity index (χ3v) is 3.67. The highest BCUT2D eigenvalue weighted by atomic mass is 16.5. The van der Waals surface area contributed by atoms with E-state index in [1.807, 2.05) is 6.92 Å². The van der Waals surface area contributed by atoms with Crippen molar-refractivity contribution in [3.8, 4) is 0 Å². The molecule has 0 heterocycles. The second-order valence-electron chi connectivity index (χ2n) is 6.14. The van der Waals surface area contributed by atoms with Crippen LogP contribution in [-0.2, 0) is 11.2 Å². The number of ether oxygens (including phenoxy) is 1. The van der Waals surface area contributed by atoms with Gasteiger partial charge < -0.3 is 10.1 Å². The van der Waals surface area contributed by atoms with Crippen molar-refractivity contribution >= 4 is 0 Å². The van der Waals surface area contributed by atoms with Crippen LogP contribution in [0, 0.1) is 0 Å². The summed E-state index contributed by atoms with van der Waals surface area (Å²) in [5, 5.41) is 3.56. The van der Waals surface area contributed by atoms with E-state index in [0.717, 1.165) is 13.2 Å².